The number of nitrogens with two attached hydrogens (primary N) is 1. The molecule has 0 fully saturated rings. The molecule has 0 heterocycles. The summed E-state index contributed by atoms with van der Waals surface area (Å²) in [6.45, 7) is 7.19. The molecule has 0 aromatic carbocycles. The summed E-state index contributed by atoms with van der Waals surface area (Å²) in [5, 5.41) is 3.37. The summed E-state index contributed by atoms with van der Waals surface area (Å²) in [5.41, 5.74) is 5.69. The van der Waals surface area contributed by atoms with Gasteiger partial charge in [0.25, 0.3) is 0 Å². The lowest BCUT2D eigenvalue weighted by Gasteiger charge is -2.13. The molecule has 3 nitrogen and oxygen atoms in total. The Morgan fingerprint density at radius 1 is 1.29 bits per heavy atom. The molecule has 0 saturated heterocycles. The largest absolute Gasteiger partial charge is 0.383 e. The Morgan fingerprint density at radius 3 is 2.57 bits per heavy atom. The number of methoxy groups -OCH3 is 1. The van der Waals surface area contributed by atoms with Gasteiger partial charge in [0, 0.05) is 19.7 Å². The van der Waals surface area contributed by atoms with E-state index in [4.69, 9.17) is 10.5 Å². The van der Waals surface area contributed by atoms with Crippen molar-refractivity contribution in [3.8, 4) is 0 Å². The van der Waals surface area contributed by atoms with Gasteiger partial charge >= 0.3 is 0 Å². The van der Waals surface area contributed by atoms with Crippen molar-refractivity contribution in [3.05, 3.63) is 0 Å². The summed E-state index contributed by atoms with van der Waals surface area (Å²) in [6.07, 6.45) is 3.65. The minimum absolute atomic E-state index is 0.351. The summed E-state index contributed by atoms with van der Waals surface area (Å²) in [6, 6.07) is 0.351. The van der Waals surface area contributed by atoms with E-state index in [9.17, 15) is 0 Å². The molecule has 0 aliphatic carbocycles. The first-order valence-corrected chi connectivity index (χ1v) is 5.62. The summed E-state index contributed by atoms with van der Waals surface area (Å²) >= 11 is 0. The fourth-order valence-electron chi connectivity index (χ4n) is 1.41. The molecule has 14 heavy (non-hydrogen) atoms. The van der Waals surface area contributed by atoms with Crippen LogP contribution in [0.4, 0.5) is 0 Å². The highest BCUT2D eigenvalue weighted by Gasteiger charge is 2.02. The van der Waals surface area contributed by atoms with Crippen LogP contribution in [0.2, 0.25) is 0 Å². The van der Waals surface area contributed by atoms with Crippen LogP contribution in [0.25, 0.3) is 0 Å². The second kappa shape index (κ2) is 9.44. The van der Waals surface area contributed by atoms with Gasteiger partial charge in [0.1, 0.15) is 0 Å². The van der Waals surface area contributed by atoms with Crippen molar-refractivity contribution in [2.45, 2.75) is 39.2 Å². The predicted octanol–water partition coefficient (Wildman–Crippen LogP) is 1.38. The molecule has 0 amide bonds. The van der Waals surface area contributed by atoms with Crippen LogP contribution in [0.15, 0.2) is 0 Å². The molecule has 0 aliphatic rings. The lowest BCUT2D eigenvalue weighted by atomic mass is 10.0. The van der Waals surface area contributed by atoms with Crippen molar-refractivity contribution in [2.75, 3.05) is 26.8 Å². The monoisotopic (exact) mass is 202 g/mol. The maximum atomic E-state index is 5.69. The molecule has 86 valence electrons. The fourth-order valence-corrected chi connectivity index (χ4v) is 1.41. The Labute approximate surface area is 88.4 Å². The maximum absolute atomic E-state index is 5.69. The zero-order valence-electron chi connectivity index (χ0n) is 9.88. The van der Waals surface area contributed by atoms with Crippen LogP contribution in [0.3, 0.4) is 0 Å². The highest BCUT2D eigenvalue weighted by molar-refractivity contribution is 4.60. The van der Waals surface area contributed by atoms with Crippen LogP contribution in [-0.4, -0.2) is 32.8 Å². The molecule has 0 aromatic heterocycles. The third-order valence-electron chi connectivity index (χ3n) is 2.33. The molecule has 0 radical (unpaired) electrons. The standard InChI is InChI=1S/C11H26N2O/c1-10(5-4-6-11(2)12)9-13-7-8-14-3/h10-11,13H,4-9,12H2,1-3H3. The Morgan fingerprint density at radius 2 is 2.00 bits per heavy atom. The van der Waals surface area contributed by atoms with Crippen molar-refractivity contribution in [3.63, 3.8) is 0 Å². The minimum Gasteiger partial charge on any atom is -0.383 e. The van der Waals surface area contributed by atoms with Crippen LogP contribution >= 0.6 is 0 Å². The topological polar surface area (TPSA) is 47.3 Å². The molecule has 0 aliphatic heterocycles. The Bertz CT molecular complexity index is 118. The Balaban J connectivity index is 3.15. The summed E-state index contributed by atoms with van der Waals surface area (Å²) < 4.78 is 4.96. The first-order chi connectivity index (χ1) is 6.66. The van der Waals surface area contributed by atoms with Crippen LogP contribution in [0.1, 0.15) is 33.1 Å². The van der Waals surface area contributed by atoms with Gasteiger partial charge in [-0.3, -0.25) is 0 Å². The molecule has 0 aromatic rings. The molecule has 2 unspecified atom stereocenters. The second-order valence-corrected chi connectivity index (χ2v) is 4.21. The van der Waals surface area contributed by atoms with E-state index in [0.717, 1.165) is 32.0 Å². The fraction of sp³-hybridized carbons (Fsp3) is 1.00. The number of ether oxygens (including phenoxy) is 1. The molecule has 0 rings (SSSR count). The van der Waals surface area contributed by atoms with E-state index in [1.54, 1.807) is 7.11 Å². The summed E-state index contributed by atoms with van der Waals surface area (Å²) in [4.78, 5) is 0. The average molecular weight is 202 g/mol. The molecule has 0 saturated carbocycles. The van der Waals surface area contributed by atoms with Gasteiger partial charge in [-0.1, -0.05) is 13.3 Å². The Hall–Kier alpha value is -0.120. The van der Waals surface area contributed by atoms with E-state index in [0.29, 0.717) is 6.04 Å². The Kier molecular flexibility index (Phi) is 9.35. The third kappa shape index (κ3) is 9.96. The van der Waals surface area contributed by atoms with Gasteiger partial charge in [-0.05, 0) is 32.2 Å². The third-order valence-corrected chi connectivity index (χ3v) is 2.33. The molecule has 0 bridgehead atoms. The van der Waals surface area contributed by atoms with Gasteiger partial charge in [0.2, 0.25) is 0 Å². The van der Waals surface area contributed by atoms with Crippen molar-refractivity contribution in [2.24, 2.45) is 11.7 Å². The molecular weight excluding hydrogens is 176 g/mol. The minimum atomic E-state index is 0.351. The SMILES string of the molecule is COCCNCC(C)CCCC(C)N. The van der Waals surface area contributed by atoms with E-state index in [-0.39, 0.29) is 0 Å². The van der Waals surface area contributed by atoms with Gasteiger partial charge in [-0.15, -0.1) is 0 Å². The lowest BCUT2D eigenvalue weighted by molar-refractivity contribution is 0.198. The normalized spacial score (nSPS) is 15.4. The van der Waals surface area contributed by atoms with Crippen LogP contribution in [0, 0.1) is 5.92 Å². The molecule has 3 heteroatoms. The quantitative estimate of drug-likeness (QED) is 0.555. The number of hydrogen-bond donors (Lipinski definition) is 2. The summed E-state index contributed by atoms with van der Waals surface area (Å²) in [5.74, 6) is 0.741. The van der Waals surface area contributed by atoms with Gasteiger partial charge in [0.15, 0.2) is 0 Å². The maximum Gasteiger partial charge on any atom is 0.0587 e. The first kappa shape index (κ1) is 13.9. The van der Waals surface area contributed by atoms with Crippen molar-refractivity contribution < 1.29 is 4.74 Å². The van der Waals surface area contributed by atoms with E-state index in [1.807, 2.05) is 0 Å². The molecule has 2 atom stereocenters. The zero-order valence-corrected chi connectivity index (χ0v) is 9.88. The predicted molar refractivity (Wildman–Crippen MR) is 61.4 cm³/mol. The summed E-state index contributed by atoms with van der Waals surface area (Å²) in [7, 11) is 1.73. The highest BCUT2D eigenvalue weighted by atomic mass is 16.5. The average Bonchev–Trinajstić information content (AvgIpc) is 2.12. The number of hydrogen-bond acceptors (Lipinski definition) is 3. The van der Waals surface area contributed by atoms with E-state index < -0.39 is 0 Å². The van der Waals surface area contributed by atoms with Crippen molar-refractivity contribution in [1.29, 1.82) is 0 Å². The smallest absolute Gasteiger partial charge is 0.0587 e. The van der Waals surface area contributed by atoms with E-state index >= 15 is 0 Å². The van der Waals surface area contributed by atoms with E-state index in [2.05, 4.69) is 19.2 Å². The highest BCUT2D eigenvalue weighted by Crippen LogP contribution is 2.07. The van der Waals surface area contributed by atoms with Crippen LogP contribution < -0.4 is 11.1 Å². The van der Waals surface area contributed by atoms with E-state index in [1.165, 1.54) is 12.8 Å². The van der Waals surface area contributed by atoms with Gasteiger partial charge in [0.05, 0.1) is 6.61 Å². The number of rotatable bonds is 9. The van der Waals surface area contributed by atoms with Crippen LogP contribution in [0.5, 0.6) is 0 Å². The molecule has 3 N–H and O–H groups in total. The first-order valence-electron chi connectivity index (χ1n) is 5.62. The number of nitrogens with one attached hydrogen (secondary N) is 1. The van der Waals surface area contributed by atoms with Crippen molar-refractivity contribution >= 4 is 0 Å². The second-order valence-electron chi connectivity index (χ2n) is 4.21. The molecule has 0 spiro atoms. The lowest BCUT2D eigenvalue weighted by Crippen LogP contribution is -2.25. The van der Waals surface area contributed by atoms with Gasteiger partial charge in [-0.2, -0.15) is 0 Å². The zero-order chi connectivity index (χ0) is 10.8. The van der Waals surface area contributed by atoms with Gasteiger partial charge < -0.3 is 15.8 Å². The van der Waals surface area contributed by atoms with Crippen molar-refractivity contribution in [1.82, 2.24) is 5.32 Å². The molecular formula is C11H26N2O. The van der Waals surface area contributed by atoms with Gasteiger partial charge in [-0.25, -0.2) is 0 Å². The van der Waals surface area contributed by atoms with Crippen LogP contribution in [-0.2, 0) is 4.74 Å².